The van der Waals surface area contributed by atoms with Crippen LogP contribution in [0.4, 0.5) is 0 Å². The summed E-state index contributed by atoms with van der Waals surface area (Å²) in [5, 5.41) is 3.15. The SMILES string of the molecule is CCOC(=O)C(C)(CC(C)N(CC)CC(CC)CC)NC. The number of ether oxygens (including phenoxy) is 1. The molecule has 0 bridgehead atoms. The summed E-state index contributed by atoms with van der Waals surface area (Å²) < 4.78 is 5.22. The van der Waals surface area contributed by atoms with Crippen LogP contribution in [-0.2, 0) is 9.53 Å². The molecule has 126 valence electrons. The molecule has 2 atom stereocenters. The van der Waals surface area contributed by atoms with Crippen LogP contribution in [0.1, 0.15) is 60.8 Å². The van der Waals surface area contributed by atoms with Crippen LogP contribution in [-0.4, -0.2) is 49.2 Å². The number of carbonyl (C=O) groups excluding carboxylic acids is 1. The van der Waals surface area contributed by atoms with Crippen LogP contribution in [0.5, 0.6) is 0 Å². The molecule has 4 nitrogen and oxygen atoms in total. The third-order valence-corrected chi connectivity index (χ3v) is 4.66. The zero-order chi connectivity index (χ0) is 16.5. The minimum atomic E-state index is -0.614. The van der Waals surface area contributed by atoms with Crippen LogP contribution < -0.4 is 5.32 Å². The van der Waals surface area contributed by atoms with E-state index < -0.39 is 5.54 Å². The molecule has 0 saturated carbocycles. The van der Waals surface area contributed by atoms with Crippen LogP contribution in [0.25, 0.3) is 0 Å². The van der Waals surface area contributed by atoms with Crippen molar-refractivity contribution in [2.45, 2.75) is 72.4 Å². The summed E-state index contributed by atoms with van der Waals surface area (Å²) in [6, 6.07) is 0.345. The Labute approximate surface area is 131 Å². The lowest BCUT2D eigenvalue weighted by molar-refractivity contribution is -0.151. The zero-order valence-electron chi connectivity index (χ0n) is 15.2. The third-order valence-electron chi connectivity index (χ3n) is 4.66. The summed E-state index contributed by atoms with van der Waals surface area (Å²) in [6.07, 6.45) is 3.18. The highest BCUT2D eigenvalue weighted by Gasteiger charge is 2.36. The molecule has 21 heavy (non-hydrogen) atoms. The monoisotopic (exact) mass is 300 g/mol. The van der Waals surface area contributed by atoms with Crippen molar-refractivity contribution in [2.75, 3.05) is 26.7 Å². The Morgan fingerprint density at radius 1 is 1.24 bits per heavy atom. The molecule has 0 aromatic heterocycles. The Morgan fingerprint density at radius 2 is 1.81 bits per heavy atom. The van der Waals surface area contributed by atoms with Crippen molar-refractivity contribution in [3.8, 4) is 0 Å². The van der Waals surface area contributed by atoms with Gasteiger partial charge in [0, 0.05) is 12.6 Å². The lowest BCUT2D eigenvalue weighted by atomic mass is 9.92. The molecule has 0 fully saturated rings. The van der Waals surface area contributed by atoms with Crippen molar-refractivity contribution in [1.29, 1.82) is 0 Å². The highest BCUT2D eigenvalue weighted by molar-refractivity contribution is 5.80. The standard InChI is InChI=1S/C17H36N2O2/c1-8-15(9-2)13-19(10-3)14(5)12-17(6,18-7)16(20)21-11-4/h14-15,18H,8-13H2,1-7H3. The first-order valence-corrected chi connectivity index (χ1v) is 8.48. The van der Waals surface area contributed by atoms with Crippen molar-refractivity contribution >= 4 is 5.97 Å². The average Bonchev–Trinajstić information content (AvgIpc) is 2.48. The molecule has 2 unspecified atom stereocenters. The topological polar surface area (TPSA) is 41.6 Å². The van der Waals surface area contributed by atoms with E-state index in [2.05, 4.69) is 37.9 Å². The van der Waals surface area contributed by atoms with Gasteiger partial charge in [-0.15, -0.1) is 0 Å². The Kier molecular flexibility index (Phi) is 9.88. The molecule has 0 amide bonds. The largest absolute Gasteiger partial charge is 0.465 e. The molecule has 0 rings (SSSR count). The lowest BCUT2D eigenvalue weighted by Gasteiger charge is -2.36. The molecule has 0 aliphatic rings. The predicted molar refractivity (Wildman–Crippen MR) is 89.5 cm³/mol. The molecule has 0 spiro atoms. The Bertz CT molecular complexity index is 293. The number of rotatable bonds is 11. The molecule has 0 aliphatic carbocycles. The first kappa shape index (κ1) is 20.4. The molecule has 0 saturated heterocycles. The lowest BCUT2D eigenvalue weighted by Crippen LogP contribution is -2.53. The first-order chi connectivity index (χ1) is 9.88. The van der Waals surface area contributed by atoms with Gasteiger partial charge in [0.15, 0.2) is 0 Å². The third kappa shape index (κ3) is 6.35. The second kappa shape index (κ2) is 10.2. The van der Waals surface area contributed by atoms with Gasteiger partial charge in [-0.05, 0) is 46.7 Å². The smallest absolute Gasteiger partial charge is 0.326 e. The number of hydrogen-bond acceptors (Lipinski definition) is 4. The Balaban J connectivity index is 4.79. The fourth-order valence-electron chi connectivity index (χ4n) is 2.80. The van der Waals surface area contributed by atoms with Gasteiger partial charge >= 0.3 is 5.97 Å². The molecule has 0 radical (unpaired) electrons. The van der Waals surface area contributed by atoms with E-state index in [4.69, 9.17) is 4.74 Å². The maximum absolute atomic E-state index is 12.2. The van der Waals surface area contributed by atoms with Crippen LogP contribution >= 0.6 is 0 Å². The van der Waals surface area contributed by atoms with Crippen molar-refractivity contribution in [2.24, 2.45) is 5.92 Å². The van der Waals surface area contributed by atoms with Crippen molar-refractivity contribution in [3.63, 3.8) is 0 Å². The van der Waals surface area contributed by atoms with E-state index in [9.17, 15) is 4.79 Å². The minimum absolute atomic E-state index is 0.155. The molecule has 4 heteroatoms. The van der Waals surface area contributed by atoms with E-state index in [0.717, 1.165) is 25.4 Å². The Hall–Kier alpha value is -0.610. The van der Waals surface area contributed by atoms with Gasteiger partial charge in [0.05, 0.1) is 6.61 Å². The van der Waals surface area contributed by atoms with Crippen LogP contribution in [0.2, 0.25) is 0 Å². The number of nitrogens with zero attached hydrogens (tertiary/aromatic N) is 1. The van der Waals surface area contributed by atoms with E-state index in [1.807, 2.05) is 20.9 Å². The predicted octanol–water partition coefficient (Wildman–Crippen LogP) is 3.06. The number of esters is 1. The number of carbonyl (C=O) groups is 1. The maximum atomic E-state index is 12.2. The van der Waals surface area contributed by atoms with E-state index in [-0.39, 0.29) is 5.97 Å². The molecule has 0 aromatic carbocycles. The highest BCUT2D eigenvalue weighted by atomic mass is 16.5. The second-order valence-electron chi connectivity index (χ2n) is 6.13. The van der Waals surface area contributed by atoms with Gasteiger partial charge in [-0.3, -0.25) is 4.79 Å². The molecular weight excluding hydrogens is 264 g/mol. The summed E-state index contributed by atoms with van der Waals surface area (Å²) in [7, 11) is 1.83. The molecule has 0 aliphatic heterocycles. The van der Waals surface area contributed by atoms with Gasteiger partial charge in [0.2, 0.25) is 0 Å². The normalized spacial score (nSPS) is 16.0. The van der Waals surface area contributed by atoms with Crippen LogP contribution in [0.3, 0.4) is 0 Å². The van der Waals surface area contributed by atoms with Gasteiger partial charge in [-0.25, -0.2) is 0 Å². The molecule has 0 aromatic rings. The Morgan fingerprint density at radius 3 is 2.19 bits per heavy atom. The quantitative estimate of drug-likeness (QED) is 0.595. The highest BCUT2D eigenvalue weighted by Crippen LogP contribution is 2.20. The fraction of sp³-hybridized carbons (Fsp3) is 0.941. The van der Waals surface area contributed by atoms with E-state index in [1.165, 1.54) is 12.8 Å². The molecular formula is C17H36N2O2. The molecule has 0 heterocycles. The minimum Gasteiger partial charge on any atom is -0.465 e. The summed E-state index contributed by atoms with van der Waals surface area (Å²) >= 11 is 0. The fourth-order valence-corrected chi connectivity index (χ4v) is 2.80. The first-order valence-electron chi connectivity index (χ1n) is 8.48. The van der Waals surface area contributed by atoms with Gasteiger partial charge < -0.3 is 15.0 Å². The van der Waals surface area contributed by atoms with Crippen LogP contribution in [0, 0.1) is 5.92 Å². The van der Waals surface area contributed by atoms with E-state index in [1.54, 1.807) is 0 Å². The average molecular weight is 300 g/mol. The van der Waals surface area contributed by atoms with E-state index in [0.29, 0.717) is 12.6 Å². The van der Waals surface area contributed by atoms with Crippen molar-refractivity contribution in [1.82, 2.24) is 10.2 Å². The summed E-state index contributed by atoms with van der Waals surface area (Å²) in [4.78, 5) is 14.7. The number of nitrogens with one attached hydrogen (secondary N) is 1. The zero-order valence-corrected chi connectivity index (χ0v) is 15.2. The van der Waals surface area contributed by atoms with Crippen molar-refractivity contribution < 1.29 is 9.53 Å². The summed E-state index contributed by atoms with van der Waals surface area (Å²) in [5.74, 6) is 0.578. The van der Waals surface area contributed by atoms with Gasteiger partial charge in [0.1, 0.15) is 5.54 Å². The van der Waals surface area contributed by atoms with Gasteiger partial charge in [-0.2, -0.15) is 0 Å². The number of hydrogen-bond donors (Lipinski definition) is 1. The van der Waals surface area contributed by atoms with Crippen LogP contribution in [0.15, 0.2) is 0 Å². The maximum Gasteiger partial charge on any atom is 0.326 e. The second-order valence-corrected chi connectivity index (χ2v) is 6.13. The number of likely N-dealkylation sites (N-methyl/N-ethyl adjacent to an activating group) is 1. The summed E-state index contributed by atoms with van der Waals surface area (Å²) in [6.45, 7) is 15.2. The van der Waals surface area contributed by atoms with Crippen molar-refractivity contribution in [3.05, 3.63) is 0 Å². The molecule has 1 N–H and O–H groups in total. The van der Waals surface area contributed by atoms with E-state index >= 15 is 0 Å². The van der Waals surface area contributed by atoms with Gasteiger partial charge in [-0.1, -0.05) is 33.6 Å². The van der Waals surface area contributed by atoms with Gasteiger partial charge in [0.25, 0.3) is 0 Å². The summed E-state index contributed by atoms with van der Waals surface area (Å²) in [5.41, 5.74) is -0.614.